The third-order valence-electron chi connectivity index (χ3n) is 4.94. The van der Waals surface area contributed by atoms with E-state index in [2.05, 4.69) is 20.8 Å². The summed E-state index contributed by atoms with van der Waals surface area (Å²) in [6.07, 6.45) is 0.194. The molecule has 4 aromatic rings. The maximum Gasteiger partial charge on any atom is 0.261 e. The highest BCUT2D eigenvalue weighted by Gasteiger charge is 2.17. The maximum absolute atomic E-state index is 12.6. The minimum Gasteiger partial charge on any atom is -0.497 e. The van der Waals surface area contributed by atoms with E-state index in [9.17, 15) is 9.59 Å². The molecule has 158 valence electrons. The monoisotopic (exact) mass is 434 g/mol. The van der Waals surface area contributed by atoms with Crippen LogP contribution in [0.2, 0.25) is 0 Å². The topological polar surface area (TPSA) is 96.1 Å². The Balaban J connectivity index is 1.42. The van der Waals surface area contributed by atoms with Crippen LogP contribution in [0.4, 0.5) is 5.82 Å². The molecule has 0 saturated heterocycles. The van der Waals surface area contributed by atoms with Crippen LogP contribution in [-0.2, 0) is 17.8 Å². The van der Waals surface area contributed by atoms with Crippen LogP contribution in [0.5, 0.6) is 5.75 Å². The lowest BCUT2D eigenvalue weighted by Gasteiger charge is -2.06. The van der Waals surface area contributed by atoms with Gasteiger partial charge in [0.2, 0.25) is 5.91 Å². The lowest BCUT2D eigenvalue weighted by molar-refractivity contribution is -0.115. The highest BCUT2D eigenvalue weighted by molar-refractivity contribution is 7.20. The van der Waals surface area contributed by atoms with Gasteiger partial charge >= 0.3 is 0 Å². The van der Waals surface area contributed by atoms with Crippen LogP contribution >= 0.6 is 11.3 Å². The van der Waals surface area contributed by atoms with E-state index >= 15 is 0 Å². The van der Waals surface area contributed by atoms with Gasteiger partial charge in [-0.25, -0.2) is 0 Å². The van der Waals surface area contributed by atoms with E-state index in [4.69, 9.17) is 4.74 Å². The number of fused-ring (bicyclic) bond motifs is 1. The number of ether oxygens (including phenoxy) is 1. The molecule has 2 aromatic heterocycles. The van der Waals surface area contributed by atoms with Crippen molar-refractivity contribution in [1.29, 1.82) is 0 Å². The number of aryl methyl sites for hydroxylation is 1. The summed E-state index contributed by atoms with van der Waals surface area (Å²) in [5.41, 5.74) is 3.04. The molecule has 2 aromatic carbocycles. The Morgan fingerprint density at radius 2 is 1.97 bits per heavy atom. The van der Waals surface area contributed by atoms with Gasteiger partial charge in [0.25, 0.3) is 5.91 Å². The number of hydrogen-bond acceptors (Lipinski definition) is 5. The maximum atomic E-state index is 12.6. The van der Waals surface area contributed by atoms with Crippen molar-refractivity contribution in [3.8, 4) is 5.75 Å². The number of methoxy groups -OCH3 is 1. The Kier molecular flexibility index (Phi) is 5.99. The van der Waals surface area contributed by atoms with Crippen molar-refractivity contribution in [3.05, 3.63) is 76.2 Å². The molecule has 0 spiro atoms. The average Bonchev–Trinajstić information content (AvgIpc) is 3.35. The second-order valence-electron chi connectivity index (χ2n) is 7.11. The Morgan fingerprint density at radius 3 is 2.77 bits per heavy atom. The molecule has 8 heteroatoms. The molecule has 4 rings (SSSR count). The SMILES string of the molecule is COc1cccc(CC(=O)Nc2n[nH]c3sc(C(=O)NCc4ccccc4C)cc23)c1. The smallest absolute Gasteiger partial charge is 0.261 e. The van der Waals surface area contributed by atoms with Crippen molar-refractivity contribution in [3.63, 3.8) is 0 Å². The molecule has 2 amide bonds. The Bertz CT molecular complexity index is 1240. The Hall–Kier alpha value is -3.65. The molecule has 31 heavy (non-hydrogen) atoms. The zero-order valence-corrected chi connectivity index (χ0v) is 18.0. The quantitative estimate of drug-likeness (QED) is 0.409. The number of rotatable bonds is 7. The van der Waals surface area contributed by atoms with Gasteiger partial charge < -0.3 is 15.4 Å². The van der Waals surface area contributed by atoms with E-state index in [-0.39, 0.29) is 18.2 Å². The molecule has 7 nitrogen and oxygen atoms in total. The second kappa shape index (κ2) is 9.01. The van der Waals surface area contributed by atoms with Crippen molar-refractivity contribution in [2.45, 2.75) is 19.9 Å². The standard InChI is InChI=1S/C23H22N4O3S/c1-14-6-3-4-8-16(14)13-24-22(29)19-12-18-21(26-27-23(18)31-19)25-20(28)11-15-7-5-9-17(10-15)30-2/h3-10,12H,11,13H2,1-2H3,(H,24,29)(H2,25,26,27,28). The van der Waals surface area contributed by atoms with E-state index in [0.29, 0.717) is 28.4 Å². The number of benzene rings is 2. The van der Waals surface area contributed by atoms with Gasteiger partial charge in [0.05, 0.1) is 23.8 Å². The van der Waals surface area contributed by atoms with Gasteiger partial charge in [-0.15, -0.1) is 11.3 Å². The third kappa shape index (κ3) is 4.75. The number of amides is 2. The molecule has 0 bridgehead atoms. The molecule has 0 aliphatic heterocycles. The van der Waals surface area contributed by atoms with Gasteiger partial charge in [0, 0.05) is 6.54 Å². The first-order valence-corrected chi connectivity index (χ1v) is 10.6. The van der Waals surface area contributed by atoms with Gasteiger partial charge in [0.15, 0.2) is 5.82 Å². The number of hydrogen-bond donors (Lipinski definition) is 3. The molecule has 0 saturated carbocycles. The summed E-state index contributed by atoms with van der Waals surface area (Å²) >= 11 is 1.30. The first-order valence-electron chi connectivity index (χ1n) is 9.77. The molecule has 0 aliphatic rings. The zero-order chi connectivity index (χ0) is 21.8. The number of anilines is 1. The largest absolute Gasteiger partial charge is 0.497 e. The molecule has 0 unspecified atom stereocenters. The van der Waals surface area contributed by atoms with E-state index in [1.165, 1.54) is 11.3 Å². The fourth-order valence-electron chi connectivity index (χ4n) is 3.24. The van der Waals surface area contributed by atoms with Gasteiger partial charge in [0.1, 0.15) is 10.6 Å². The second-order valence-corrected chi connectivity index (χ2v) is 8.16. The van der Waals surface area contributed by atoms with Crippen LogP contribution < -0.4 is 15.4 Å². The fourth-order valence-corrected chi connectivity index (χ4v) is 4.16. The number of carbonyl (C=O) groups is 2. The predicted octanol–water partition coefficient (Wildman–Crippen LogP) is 4.05. The van der Waals surface area contributed by atoms with E-state index in [0.717, 1.165) is 21.5 Å². The lowest BCUT2D eigenvalue weighted by Crippen LogP contribution is -2.22. The van der Waals surface area contributed by atoms with Gasteiger partial charge in [-0.3, -0.25) is 14.7 Å². The van der Waals surface area contributed by atoms with Crippen LogP contribution in [0.1, 0.15) is 26.4 Å². The van der Waals surface area contributed by atoms with Gasteiger partial charge in [-0.1, -0.05) is 36.4 Å². The van der Waals surface area contributed by atoms with Crippen molar-refractivity contribution >= 4 is 39.2 Å². The highest BCUT2D eigenvalue weighted by Crippen LogP contribution is 2.29. The highest BCUT2D eigenvalue weighted by atomic mass is 32.1. The summed E-state index contributed by atoms with van der Waals surface area (Å²) in [5.74, 6) is 0.758. The van der Waals surface area contributed by atoms with Crippen LogP contribution in [0.25, 0.3) is 10.2 Å². The Morgan fingerprint density at radius 1 is 1.13 bits per heavy atom. The summed E-state index contributed by atoms with van der Waals surface area (Å²) in [6, 6.07) is 17.0. The minimum atomic E-state index is -0.196. The number of thiophene rings is 1. The molecular weight excluding hydrogens is 412 g/mol. The van der Waals surface area contributed by atoms with Crippen LogP contribution in [0, 0.1) is 6.92 Å². The molecule has 0 radical (unpaired) electrons. The van der Waals surface area contributed by atoms with Crippen LogP contribution in [0.15, 0.2) is 54.6 Å². The number of nitrogens with zero attached hydrogens (tertiary/aromatic N) is 1. The number of nitrogens with one attached hydrogen (secondary N) is 3. The van der Waals surface area contributed by atoms with E-state index in [1.54, 1.807) is 13.2 Å². The molecule has 0 fully saturated rings. The normalized spacial score (nSPS) is 10.8. The van der Waals surface area contributed by atoms with Crippen molar-refractivity contribution in [1.82, 2.24) is 15.5 Å². The molecular formula is C23H22N4O3S. The van der Waals surface area contributed by atoms with Crippen LogP contribution in [-0.4, -0.2) is 29.1 Å². The predicted molar refractivity (Wildman–Crippen MR) is 122 cm³/mol. The molecule has 3 N–H and O–H groups in total. The lowest BCUT2D eigenvalue weighted by atomic mass is 10.1. The minimum absolute atomic E-state index is 0.161. The zero-order valence-electron chi connectivity index (χ0n) is 17.2. The van der Waals surface area contributed by atoms with E-state index in [1.807, 2.05) is 55.5 Å². The summed E-state index contributed by atoms with van der Waals surface area (Å²) in [4.78, 5) is 26.4. The summed E-state index contributed by atoms with van der Waals surface area (Å²) < 4.78 is 5.19. The summed E-state index contributed by atoms with van der Waals surface area (Å²) in [7, 11) is 1.59. The molecule has 0 atom stereocenters. The number of H-pyrrole nitrogens is 1. The van der Waals surface area contributed by atoms with Crippen molar-refractivity contribution in [2.24, 2.45) is 0 Å². The number of aromatic nitrogens is 2. The Labute approximate surface area is 183 Å². The molecule has 2 heterocycles. The van der Waals surface area contributed by atoms with E-state index < -0.39 is 0 Å². The number of carbonyl (C=O) groups excluding carboxylic acids is 2. The van der Waals surface area contributed by atoms with Gasteiger partial charge in [-0.2, -0.15) is 5.10 Å². The van der Waals surface area contributed by atoms with Crippen molar-refractivity contribution < 1.29 is 14.3 Å². The van der Waals surface area contributed by atoms with Gasteiger partial charge in [-0.05, 0) is 41.8 Å². The summed E-state index contributed by atoms with van der Waals surface area (Å²) in [5, 5.41) is 13.5. The average molecular weight is 435 g/mol. The fraction of sp³-hybridized carbons (Fsp3) is 0.174. The molecule has 0 aliphatic carbocycles. The first kappa shape index (κ1) is 20.6. The van der Waals surface area contributed by atoms with Crippen molar-refractivity contribution in [2.75, 3.05) is 12.4 Å². The number of aromatic amines is 1. The first-order chi connectivity index (χ1) is 15.0. The van der Waals surface area contributed by atoms with Crippen LogP contribution in [0.3, 0.4) is 0 Å². The summed E-state index contributed by atoms with van der Waals surface area (Å²) in [6.45, 7) is 2.47. The third-order valence-corrected chi connectivity index (χ3v) is 5.98.